The van der Waals surface area contributed by atoms with Crippen molar-refractivity contribution in [3.8, 4) is 0 Å². The zero-order valence-electron chi connectivity index (χ0n) is 32.7. The summed E-state index contributed by atoms with van der Waals surface area (Å²) in [5.74, 6) is -0.884. The van der Waals surface area contributed by atoms with E-state index in [-0.39, 0.29) is 42.2 Å². The third-order valence-corrected chi connectivity index (χ3v) is 13.9. The Bertz CT molecular complexity index is 2200. The lowest BCUT2D eigenvalue weighted by molar-refractivity contribution is -0.132. The van der Waals surface area contributed by atoms with E-state index in [0.717, 1.165) is 106 Å². The van der Waals surface area contributed by atoms with Crippen molar-refractivity contribution in [3.05, 3.63) is 93.8 Å². The number of piperazine rings is 1. The van der Waals surface area contributed by atoms with Crippen molar-refractivity contribution in [2.45, 2.75) is 51.0 Å². The zero-order valence-corrected chi connectivity index (χ0v) is 33.5. The van der Waals surface area contributed by atoms with E-state index in [1.807, 2.05) is 41.3 Å². The molecule has 5 fully saturated rings. The summed E-state index contributed by atoms with van der Waals surface area (Å²) in [7, 11) is 0. The Kier molecular flexibility index (Phi) is 10.2. The molecular formula is C45H48ClN7O5. The van der Waals surface area contributed by atoms with E-state index >= 15 is 0 Å². The van der Waals surface area contributed by atoms with E-state index in [1.165, 1.54) is 5.69 Å². The minimum absolute atomic E-state index is 0.0811. The smallest absolute Gasteiger partial charge is 0.262 e. The van der Waals surface area contributed by atoms with Gasteiger partial charge in [-0.05, 0) is 98.0 Å². The van der Waals surface area contributed by atoms with Crippen molar-refractivity contribution in [2.24, 2.45) is 11.3 Å². The molecule has 3 aromatic carbocycles. The first-order valence-corrected chi connectivity index (χ1v) is 21.1. The number of carbonyl (C=O) groups is 5. The molecule has 0 radical (unpaired) electrons. The molecule has 5 heterocycles. The summed E-state index contributed by atoms with van der Waals surface area (Å²) in [5.41, 5.74) is 5.31. The molecule has 3 aromatic rings. The molecule has 2 atom stereocenters. The van der Waals surface area contributed by atoms with Gasteiger partial charge in [-0.3, -0.25) is 33.8 Å². The molecule has 1 spiro atoms. The second-order valence-electron chi connectivity index (χ2n) is 17.1. The van der Waals surface area contributed by atoms with Crippen LogP contribution in [0.2, 0.25) is 5.02 Å². The lowest BCUT2D eigenvalue weighted by Crippen LogP contribution is -2.50. The van der Waals surface area contributed by atoms with Crippen molar-refractivity contribution in [1.82, 2.24) is 14.7 Å². The topological polar surface area (TPSA) is 109 Å². The van der Waals surface area contributed by atoms with Gasteiger partial charge in [-0.15, -0.1) is 0 Å². The van der Waals surface area contributed by atoms with Gasteiger partial charge >= 0.3 is 0 Å². The minimum atomic E-state index is -0.866. The van der Waals surface area contributed by atoms with Crippen molar-refractivity contribution in [3.63, 3.8) is 0 Å². The fraction of sp³-hybridized carbons (Fsp3) is 0.467. The number of fused-ring (bicyclic) bond motifs is 1. The highest BCUT2D eigenvalue weighted by Crippen LogP contribution is 2.43. The molecule has 1 unspecified atom stereocenters. The first kappa shape index (κ1) is 38.3. The second kappa shape index (κ2) is 15.5. The molecule has 58 heavy (non-hydrogen) atoms. The number of imide groups is 1. The van der Waals surface area contributed by atoms with Gasteiger partial charge in [-0.25, -0.2) is 4.85 Å². The van der Waals surface area contributed by atoms with Gasteiger partial charge in [0.1, 0.15) is 5.78 Å². The van der Waals surface area contributed by atoms with Crippen LogP contribution in [-0.2, 0) is 9.59 Å². The molecule has 3 amide bonds. The molecule has 6 aliphatic rings. The number of anilines is 3. The van der Waals surface area contributed by atoms with Gasteiger partial charge in [0, 0.05) is 106 Å². The highest BCUT2D eigenvalue weighted by atomic mass is 35.5. The lowest BCUT2D eigenvalue weighted by Gasteiger charge is -2.40. The quantitative estimate of drug-likeness (QED) is 0.163. The molecule has 0 aromatic heterocycles. The highest BCUT2D eigenvalue weighted by Gasteiger charge is 2.45. The maximum atomic E-state index is 13.6. The van der Waals surface area contributed by atoms with E-state index < -0.39 is 17.9 Å². The zero-order chi connectivity index (χ0) is 40.1. The molecule has 1 aliphatic carbocycles. The summed E-state index contributed by atoms with van der Waals surface area (Å²) in [6.07, 6.45) is 4.58. The molecule has 5 aliphatic heterocycles. The van der Waals surface area contributed by atoms with Gasteiger partial charge in [0.05, 0.1) is 30.2 Å². The summed E-state index contributed by atoms with van der Waals surface area (Å²) < 4.78 is 0. The average molecular weight is 802 g/mol. The van der Waals surface area contributed by atoms with E-state index in [9.17, 15) is 24.0 Å². The first-order valence-electron chi connectivity index (χ1n) is 20.7. The van der Waals surface area contributed by atoms with Gasteiger partial charge in [0.25, 0.3) is 17.7 Å². The van der Waals surface area contributed by atoms with Crippen LogP contribution in [0.25, 0.3) is 4.85 Å². The van der Waals surface area contributed by atoms with Crippen LogP contribution in [0.5, 0.6) is 0 Å². The summed E-state index contributed by atoms with van der Waals surface area (Å²) in [6.45, 7) is 16.9. The van der Waals surface area contributed by atoms with Crippen LogP contribution in [-0.4, -0.2) is 122 Å². The third-order valence-electron chi connectivity index (χ3n) is 13.6. The van der Waals surface area contributed by atoms with Crippen molar-refractivity contribution in [2.75, 3.05) is 86.7 Å². The van der Waals surface area contributed by atoms with Crippen LogP contribution in [0.1, 0.15) is 76.0 Å². The van der Waals surface area contributed by atoms with Crippen molar-refractivity contribution in [1.29, 1.82) is 0 Å². The molecule has 12 nitrogen and oxygen atoms in total. The van der Waals surface area contributed by atoms with Gasteiger partial charge in [-0.1, -0.05) is 17.7 Å². The fourth-order valence-electron chi connectivity index (χ4n) is 10.2. The van der Waals surface area contributed by atoms with Crippen LogP contribution in [0.3, 0.4) is 0 Å². The number of ketones is 2. The molecule has 13 heteroatoms. The number of amides is 3. The molecule has 1 saturated carbocycles. The maximum absolute atomic E-state index is 13.6. The third kappa shape index (κ3) is 7.24. The summed E-state index contributed by atoms with van der Waals surface area (Å²) >= 11 is 6.33. The predicted molar refractivity (Wildman–Crippen MR) is 222 cm³/mol. The molecule has 0 N–H and O–H groups in total. The largest absolute Gasteiger partial charge is 0.372 e. The van der Waals surface area contributed by atoms with Gasteiger partial charge < -0.3 is 19.6 Å². The Morgan fingerprint density at radius 1 is 0.741 bits per heavy atom. The monoisotopic (exact) mass is 801 g/mol. The lowest BCUT2D eigenvalue weighted by atomic mass is 9.77. The van der Waals surface area contributed by atoms with E-state index in [1.54, 1.807) is 12.1 Å². The number of carbonyl (C=O) groups excluding carboxylic acids is 5. The summed E-state index contributed by atoms with van der Waals surface area (Å²) in [5, 5.41) is 0.513. The Hall–Kier alpha value is -5.25. The number of nitrogens with zero attached hydrogens (tertiary/aromatic N) is 7. The molecular weight excluding hydrogens is 754 g/mol. The number of rotatable bonds is 7. The highest BCUT2D eigenvalue weighted by molar-refractivity contribution is 6.33. The van der Waals surface area contributed by atoms with Gasteiger partial charge in [0.2, 0.25) is 5.69 Å². The van der Waals surface area contributed by atoms with Crippen LogP contribution >= 0.6 is 11.6 Å². The minimum Gasteiger partial charge on any atom is -0.372 e. The number of piperidine rings is 1. The Morgan fingerprint density at radius 2 is 1.41 bits per heavy atom. The van der Waals surface area contributed by atoms with Gasteiger partial charge in [-0.2, -0.15) is 0 Å². The fourth-order valence-corrected chi connectivity index (χ4v) is 10.4. The number of benzene rings is 3. The molecule has 4 saturated heterocycles. The molecule has 9 rings (SSSR count). The second-order valence-corrected chi connectivity index (χ2v) is 17.5. The van der Waals surface area contributed by atoms with Crippen molar-refractivity contribution < 1.29 is 24.0 Å². The van der Waals surface area contributed by atoms with E-state index in [2.05, 4.69) is 36.6 Å². The molecule has 300 valence electrons. The number of halogens is 1. The summed E-state index contributed by atoms with van der Waals surface area (Å²) in [4.78, 5) is 80.5. The molecule has 0 bridgehead atoms. The van der Waals surface area contributed by atoms with Crippen LogP contribution in [0.15, 0.2) is 60.7 Å². The average Bonchev–Trinajstić information content (AvgIpc) is 3.95. The van der Waals surface area contributed by atoms with Crippen LogP contribution in [0, 0.1) is 17.9 Å². The van der Waals surface area contributed by atoms with Gasteiger partial charge in [0.15, 0.2) is 5.78 Å². The number of hydrogen-bond donors (Lipinski definition) is 0. The normalized spacial score (nSPS) is 23.6. The maximum Gasteiger partial charge on any atom is 0.262 e. The Morgan fingerprint density at radius 3 is 2.12 bits per heavy atom. The van der Waals surface area contributed by atoms with E-state index in [4.69, 9.17) is 18.2 Å². The SMILES string of the molecule is [C-]#[N+]c1ccc(N2CCC3(CC2)CCN(c2ccc(C(=O)N4CCN(C[C@H]5CCN(c6ccc7c(c6)C(=O)N(C6CCC(=O)CC6=O)C7=O)C5)CC4)cc2)C3)cc1Cl. The number of hydrogen-bond acceptors (Lipinski definition) is 9. The van der Waals surface area contributed by atoms with Crippen molar-refractivity contribution >= 4 is 63.6 Å². The van der Waals surface area contributed by atoms with Crippen LogP contribution in [0.4, 0.5) is 22.7 Å². The van der Waals surface area contributed by atoms with E-state index in [0.29, 0.717) is 40.8 Å². The Labute approximate surface area is 344 Å². The Balaban J connectivity index is 0.731. The first-order chi connectivity index (χ1) is 28.1. The number of Topliss-reactive ketones (excluding diaryl/α,β-unsaturated/α-hetero) is 2. The predicted octanol–water partition coefficient (Wildman–Crippen LogP) is 5.96. The van der Waals surface area contributed by atoms with Crippen LogP contribution < -0.4 is 14.7 Å². The standard InChI is InChI=1S/C45H48ClN7O5/c1-47-39-10-7-34(25-38(39)46)49-17-13-45(14-18-49)15-19-52(29-45)32-4-2-31(3-5-32)42(56)50-22-20-48(21-23-50)27-30-12-16-51(28-30)33-6-9-36-37(24-33)44(58)53(43(36)57)40-11-8-35(54)26-41(40)55/h2-7,9-10,24-25,30,40H,8,11-23,26-29H2/t30-,40?/m1/s1. The summed E-state index contributed by atoms with van der Waals surface area (Å²) in [6, 6.07) is 18.4.